The minimum Gasteiger partial charge on any atom is -0.497 e. The van der Waals surface area contributed by atoms with Crippen molar-refractivity contribution in [2.24, 2.45) is 0 Å². The molecule has 6 heteroatoms. The molecule has 0 bridgehead atoms. The zero-order valence-corrected chi connectivity index (χ0v) is 14.5. The molecule has 0 fully saturated rings. The van der Waals surface area contributed by atoms with Crippen molar-refractivity contribution in [2.75, 3.05) is 12.4 Å². The first-order chi connectivity index (χ1) is 12.0. The van der Waals surface area contributed by atoms with Gasteiger partial charge in [0.1, 0.15) is 22.5 Å². The van der Waals surface area contributed by atoms with Crippen LogP contribution in [0.4, 0.5) is 5.69 Å². The summed E-state index contributed by atoms with van der Waals surface area (Å²) in [6.07, 6.45) is 0. The number of rotatable bonds is 4. The molecule has 1 heterocycles. The third-order valence-corrected chi connectivity index (χ3v) is 3.93. The summed E-state index contributed by atoms with van der Waals surface area (Å²) in [5.74, 6) is 0.771. The van der Waals surface area contributed by atoms with Crippen molar-refractivity contribution in [3.05, 3.63) is 58.8 Å². The monoisotopic (exact) mass is 357 g/mol. The van der Waals surface area contributed by atoms with Crippen LogP contribution in [-0.4, -0.2) is 18.4 Å². The largest absolute Gasteiger partial charge is 0.497 e. The van der Waals surface area contributed by atoms with Gasteiger partial charge in [-0.3, -0.25) is 9.59 Å². The molecule has 1 amide bonds. The summed E-state index contributed by atoms with van der Waals surface area (Å²) in [4.78, 5) is 23.9. The number of benzene rings is 2. The lowest BCUT2D eigenvalue weighted by Crippen LogP contribution is -2.20. The Balaban J connectivity index is 1.94. The molecule has 0 aliphatic carbocycles. The van der Waals surface area contributed by atoms with E-state index in [0.29, 0.717) is 28.2 Å². The number of fused-ring (bicyclic) bond motifs is 1. The Morgan fingerprint density at radius 2 is 1.88 bits per heavy atom. The molecule has 0 aliphatic rings. The standard InChI is InChI=1S/C19H16ClNO4/c1-11(20)19(23)21-13-5-3-12(4-6-13)18-10-16(22)15-9-14(24-2)7-8-17(15)25-18/h3-11H,1-2H3,(H,21,23). The van der Waals surface area contributed by atoms with Crippen LogP contribution in [0.2, 0.25) is 0 Å². The van der Waals surface area contributed by atoms with Gasteiger partial charge < -0.3 is 14.5 Å². The molecule has 5 nitrogen and oxygen atoms in total. The third kappa shape index (κ3) is 3.67. The Hall–Kier alpha value is -2.79. The highest BCUT2D eigenvalue weighted by atomic mass is 35.5. The molecular weight excluding hydrogens is 342 g/mol. The number of amides is 1. The average Bonchev–Trinajstić information content (AvgIpc) is 2.62. The summed E-state index contributed by atoms with van der Waals surface area (Å²) < 4.78 is 11.0. The summed E-state index contributed by atoms with van der Waals surface area (Å²) in [6, 6.07) is 13.5. The Morgan fingerprint density at radius 3 is 2.52 bits per heavy atom. The van der Waals surface area contributed by atoms with Crippen molar-refractivity contribution in [3.8, 4) is 17.1 Å². The van der Waals surface area contributed by atoms with E-state index >= 15 is 0 Å². The first-order valence-corrected chi connectivity index (χ1v) is 8.09. The minimum atomic E-state index is -0.616. The van der Waals surface area contributed by atoms with Gasteiger partial charge in [-0.1, -0.05) is 0 Å². The topological polar surface area (TPSA) is 68.5 Å². The number of carbonyl (C=O) groups is 1. The Labute approximate surface area is 149 Å². The van der Waals surface area contributed by atoms with Gasteiger partial charge in [-0.05, 0) is 49.4 Å². The fourth-order valence-corrected chi connectivity index (χ4v) is 2.42. The number of hydrogen-bond donors (Lipinski definition) is 1. The summed E-state index contributed by atoms with van der Waals surface area (Å²) >= 11 is 5.73. The summed E-state index contributed by atoms with van der Waals surface area (Å²) in [5, 5.41) is 2.54. The third-order valence-electron chi connectivity index (χ3n) is 3.73. The number of ether oxygens (including phenoxy) is 1. The molecule has 1 aromatic heterocycles. The minimum absolute atomic E-state index is 0.150. The molecule has 2 aromatic carbocycles. The van der Waals surface area contributed by atoms with Crippen molar-refractivity contribution in [3.63, 3.8) is 0 Å². The van der Waals surface area contributed by atoms with Crippen LogP contribution in [0.15, 0.2) is 57.7 Å². The number of anilines is 1. The SMILES string of the molecule is COc1ccc2oc(-c3ccc(NC(=O)C(C)Cl)cc3)cc(=O)c2c1. The van der Waals surface area contributed by atoms with Crippen molar-refractivity contribution >= 4 is 34.2 Å². The van der Waals surface area contributed by atoms with E-state index in [9.17, 15) is 9.59 Å². The first kappa shape index (κ1) is 17.0. The van der Waals surface area contributed by atoms with Crippen molar-refractivity contribution in [2.45, 2.75) is 12.3 Å². The molecule has 0 radical (unpaired) electrons. The van der Waals surface area contributed by atoms with Crippen molar-refractivity contribution in [1.82, 2.24) is 0 Å². The number of methoxy groups -OCH3 is 1. The van der Waals surface area contributed by atoms with E-state index < -0.39 is 5.38 Å². The smallest absolute Gasteiger partial charge is 0.242 e. The molecule has 0 saturated heterocycles. The van der Waals surface area contributed by atoms with E-state index in [2.05, 4.69) is 5.32 Å². The van der Waals surface area contributed by atoms with Gasteiger partial charge in [-0.15, -0.1) is 11.6 Å². The Bertz CT molecular complexity index is 977. The molecule has 1 N–H and O–H groups in total. The molecule has 128 valence electrons. The zero-order valence-electron chi connectivity index (χ0n) is 13.7. The van der Waals surface area contributed by atoms with E-state index in [0.717, 1.165) is 5.56 Å². The second kappa shape index (κ2) is 6.99. The lowest BCUT2D eigenvalue weighted by molar-refractivity contribution is -0.115. The van der Waals surface area contributed by atoms with E-state index in [1.54, 1.807) is 56.5 Å². The fourth-order valence-electron chi connectivity index (χ4n) is 2.36. The van der Waals surface area contributed by atoms with Crippen LogP contribution < -0.4 is 15.5 Å². The maximum atomic E-state index is 12.3. The van der Waals surface area contributed by atoms with Gasteiger partial charge in [0.15, 0.2) is 5.43 Å². The molecule has 0 aliphatic heterocycles. The van der Waals surface area contributed by atoms with E-state index in [1.807, 2.05) is 0 Å². The zero-order chi connectivity index (χ0) is 18.0. The summed E-state index contributed by atoms with van der Waals surface area (Å²) in [6.45, 7) is 1.60. The lowest BCUT2D eigenvalue weighted by atomic mass is 10.1. The van der Waals surface area contributed by atoms with Crippen molar-refractivity contribution < 1.29 is 13.9 Å². The Morgan fingerprint density at radius 1 is 1.16 bits per heavy atom. The predicted molar refractivity (Wildman–Crippen MR) is 98.4 cm³/mol. The van der Waals surface area contributed by atoms with Gasteiger partial charge in [0, 0.05) is 17.3 Å². The maximum absolute atomic E-state index is 12.3. The molecule has 1 atom stereocenters. The van der Waals surface area contributed by atoms with Gasteiger partial charge in [-0.2, -0.15) is 0 Å². The van der Waals surface area contributed by atoms with Crippen LogP contribution in [0.25, 0.3) is 22.3 Å². The maximum Gasteiger partial charge on any atom is 0.242 e. The number of halogens is 1. The second-order valence-electron chi connectivity index (χ2n) is 5.52. The van der Waals surface area contributed by atoms with Crippen LogP contribution in [0.5, 0.6) is 5.75 Å². The van der Waals surface area contributed by atoms with E-state index in [4.69, 9.17) is 20.8 Å². The lowest BCUT2D eigenvalue weighted by Gasteiger charge is -2.08. The molecule has 25 heavy (non-hydrogen) atoms. The Kier molecular flexibility index (Phi) is 4.76. The van der Waals surface area contributed by atoms with Gasteiger partial charge in [0.25, 0.3) is 0 Å². The fraction of sp³-hybridized carbons (Fsp3) is 0.158. The summed E-state index contributed by atoms with van der Waals surface area (Å²) in [7, 11) is 1.54. The second-order valence-corrected chi connectivity index (χ2v) is 6.17. The van der Waals surface area contributed by atoms with Crippen LogP contribution in [0, 0.1) is 0 Å². The highest BCUT2D eigenvalue weighted by Crippen LogP contribution is 2.25. The molecule has 0 spiro atoms. The van der Waals surface area contributed by atoms with Crippen LogP contribution in [0.1, 0.15) is 6.92 Å². The van der Waals surface area contributed by atoms with Gasteiger partial charge in [-0.25, -0.2) is 0 Å². The highest BCUT2D eigenvalue weighted by molar-refractivity contribution is 6.32. The summed E-state index contributed by atoms with van der Waals surface area (Å²) in [5.41, 5.74) is 1.68. The molecule has 3 rings (SSSR count). The number of hydrogen-bond acceptors (Lipinski definition) is 4. The average molecular weight is 358 g/mol. The van der Waals surface area contributed by atoms with Gasteiger partial charge in [0.2, 0.25) is 5.91 Å². The normalized spacial score (nSPS) is 12.0. The number of alkyl halides is 1. The van der Waals surface area contributed by atoms with Gasteiger partial charge in [0.05, 0.1) is 12.5 Å². The molecule has 0 saturated carbocycles. The van der Waals surface area contributed by atoms with E-state index in [-0.39, 0.29) is 11.3 Å². The number of carbonyl (C=O) groups excluding carboxylic acids is 1. The molecule has 1 unspecified atom stereocenters. The first-order valence-electron chi connectivity index (χ1n) is 7.65. The van der Waals surface area contributed by atoms with E-state index in [1.165, 1.54) is 6.07 Å². The number of nitrogens with one attached hydrogen (secondary N) is 1. The quantitative estimate of drug-likeness (QED) is 0.716. The van der Waals surface area contributed by atoms with Gasteiger partial charge >= 0.3 is 0 Å². The predicted octanol–water partition coefficient (Wildman–Crippen LogP) is 4.03. The molecule has 3 aromatic rings. The van der Waals surface area contributed by atoms with Crippen LogP contribution in [-0.2, 0) is 4.79 Å². The highest BCUT2D eigenvalue weighted by Gasteiger charge is 2.11. The van der Waals surface area contributed by atoms with Crippen LogP contribution in [0.3, 0.4) is 0 Å². The molecular formula is C19H16ClNO4. The van der Waals surface area contributed by atoms with Crippen LogP contribution >= 0.6 is 11.6 Å². The van der Waals surface area contributed by atoms with Crippen molar-refractivity contribution in [1.29, 1.82) is 0 Å².